The molecule has 0 unspecified atom stereocenters. The van der Waals surface area contributed by atoms with Crippen LogP contribution in [0.3, 0.4) is 0 Å². The van der Waals surface area contributed by atoms with Gasteiger partial charge < -0.3 is 4.74 Å². The molecule has 2 aromatic rings. The number of ether oxygens (including phenoxy) is 1. The Hall–Kier alpha value is -1.55. The van der Waals surface area contributed by atoms with Gasteiger partial charge in [0.1, 0.15) is 11.6 Å². The number of benzene rings is 1. The summed E-state index contributed by atoms with van der Waals surface area (Å²) < 4.78 is 7.26. The summed E-state index contributed by atoms with van der Waals surface area (Å²) in [5, 5.41) is 8.45. The fourth-order valence-electron chi connectivity index (χ4n) is 1.91. The van der Waals surface area contributed by atoms with Crippen molar-refractivity contribution < 1.29 is 4.74 Å². The van der Waals surface area contributed by atoms with E-state index in [1.807, 2.05) is 28.8 Å². The first-order chi connectivity index (χ1) is 8.97. The van der Waals surface area contributed by atoms with E-state index in [2.05, 4.69) is 31.0 Å². The number of hydrogen-bond acceptors (Lipinski definition) is 3. The maximum atomic E-state index is 5.96. The van der Waals surface area contributed by atoms with Gasteiger partial charge in [-0.15, -0.1) is 21.8 Å². The largest absolute Gasteiger partial charge is 0.497 e. The Bertz CT molecular complexity index is 572. The van der Waals surface area contributed by atoms with Crippen LogP contribution in [0.1, 0.15) is 32.4 Å². The molecule has 0 saturated heterocycles. The highest BCUT2D eigenvalue weighted by Gasteiger charge is 2.24. The second-order valence-electron chi connectivity index (χ2n) is 5.36. The van der Waals surface area contributed by atoms with Crippen molar-refractivity contribution in [2.45, 2.75) is 32.1 Å². The van der Waals surface area contributed by atoms with Crippen LogP contribution in [0.25, 0.3) is 5.69 Å². The fraction of sp³-hybridized carbons (Fsp3) is 0.429. The maximum Gasteiger partial charge on any atom is 0.152 e. The van der Waals surface area contributed by atoms with Crippen LogP contribution in [0.2, 0.25) is 0 Å². The monoisotopic (exact) mass is 279 g/mol. The first kappa shape index (κ1) is 13.9. The third kappa shape index (κ3) is 2.73. The molecule has 1 aromatic heterocycles. The standard InChI is InChI=1S/C14H18ClN3O/c1-14(2,3)13-17-16-12(9-15)18(13)10-6-5-7-11(8-10)19-4/h5-8H,9H2,1-4H3. The number of halogens is 1. The Kier molecular flexibility index (Phi) is 3.80. The molecule has 2 rings (SSSR count). The van der Waals surface area contributed by atoms with E-state index in [4.69, 9.17) is 16.3 Å². The molecule has 0 atom stereocenters. The Labute approximate surface area is 118 Å². The number of aromatic nitrogens is 3. The number of methoxy groups -OCH3 is 1. The van der Waals surface area contributed by atoms with Gasteiger partial charge in [0.05, 0.1) is 18.7 Å². The fourth-order valence-corrected chi connectivity index (χ4v) is 2.08. The lowest BCUT2D eigenvalue weighted by atomic mass is 9.95. The molecule has 0 bridgehead atoms. The summed E-state index contributed by atoms with van der Waals surface area (Å²) in [6.07, 6.45) is 0. The van der Waals surface area contributed by atoms with Crippen molar-refractivity contribution in [3.63, 3.8) is 0 Å². The average Bonchev–Trinajstić information content (AvgIpc) is 2.82. The van der Waals surface area contributed by atoms with Gasteiger partial charge in [-0.1, -0.05) is 26.8 Å². The van der Waals surface area contributed by atoms with E-state index < -0.39 is 0 Å². The zero-order valence-corrected chi connectivity index (χ0v) is 12.4. The van der Waals surface area contributed by atoms with E-state index in [0.29, 0.717) is 5.88 Å². The molecule has 0 fully saturated rings. The van der Waals surface area contributed by atoms with Gasteiger partial charge in [0.25, 0.3) is 0 Å². The predicted molar refractivity (Wildman–Crippen MR) is 76.2 cm³/mol. The lowest BCUT2D eigenvalue weighted by Crippen LogP contribution is -2.19. The second kappa shape index (κ2) is 5.21. The molecule has 0 spiro atoms. The van der Waals surface area contributed by atoms with Crippen molar-refractivity contribution in [3.8, 4) is 11.4 Å². The lowest BCUT2D eigenvalue weighted by molar-refractivity contribution is 0.414. The van der Waals surface area contributed by atoms with Crippen LogP contribution >= 0.6 is 11.6 Å². The van der Waals surface area contributed by atoms with Crippen LogP contribution in [0.15, 0.2) is 24.3 Å². The first-order valence-electron chi connectivity index (χ1n) is 6.12. The summed E-state index contributed by atoms with van der Waals surface area (Å²) in [4.78, 5) is 0. The summed E-state index contributed by atoms with van der Waals surface area (Å²) >= 11 is 5.96. The molecule has 5 heteroatoms. The Morgan fingerprint density at radius 1 is 1.26 bits per heavy atom. The number of nitrogens with zero attached hydrogens (tertiary/aromatic N) is 3. The zero-order valence-electron chi connectivity index (χ0n) is 11.6. The molecule has 1 heterocycles. The van der Waals surface area contributed by atoms with Crippen LogP contribution in [-0.4, -0.2) is 21.9 Å². The van der Waals surface area contributed by atoms with Crippen molar-refractivity contribution in [2.24, 2.45) is 0 Å². The quantitative estimate of drug-likeness (QED) is 0.809. The van der Waals surface area contributed by atoms with Gasteiger partial charge in [-0.25, -0.2) is 0 Å². The van der Waals surface area contributed by atoms with E-state index in [-0.39, 0.29) is 5.41 Å². The molecule has 19 heavy (non-hydrogen) atoms. The maximum absolute atomic E-state index is 5.96. The summed E-state index contributed by atoms with van der Waals surface area (Å²) in [5.41, 5.74) is 0.852. The van der Waals surface area contributed by atoms with Gasteiger partial charge in [-0.2, -0.15) is 0 Å². The summed E-state index contributed by atoms with van der Waals surface area (Å²) in [7, 11) is 1.65. The minimum Gasteiger partial charge on any atom is -0.497 e. The molecule has 0 aliphatic carbocycles. The molecule has 0 aliphatic rings. The molecule has 4 nitrogen and oxygen atoms in total. The van der Waals surface area contributed by atoms with Crippen LogP contribution in [-0.2, 0) is 11.3 Å². The van der Waals surface area contributed by atoms with Gasteiger partial charge in [-0.3, -0.25) is 4.57 Å². The van der Waals surface area contributed by atoms with Crippen molar-refractivity contribution in [2.75, 3.05) is 7.11 Å². The summed E-state index contributed by atoms with van der Waals surface area (Å²) in [5.74, 6) is 2.74. The number of hydrogen-bond donors (Lipinski definition) is 0. The second-order valence-corrected chi connectivity index (χ2v) is 5.63. The zero-order chi connectivity index (χ0) is 14.0. The van der Waals surface area contributed by atoms with E-state index in [9.17, 15) is 0 Å². The first-order valence-corrected chi connectivity index (χ1v) is 6.66. The van der Waals surface area contributed by atoms with Crippen LogP contribution in [0.4, 0.5) is 0 Å². The normalized spacial score (nSPS) is 11.6. The minimum absolute atomic E-state index is 0.111. The highest BCUT2D eigenvalue weighted by atomic mass is 35.5. The summed E-state index contributed by atoms with van der Waals surface area (Å²) in [6, 6.07) is 7.80. The highest BCUT2D eigenvalue weighted by Crippen LogP contribution is 2.26. The topological polar surface area (TPSA) is 39.9 Å². The molecule has 0 aliphatic heterocycles. The Morgan fingerprint density at radius 2 is 2.00 bits per heavy atom. The third-order valence-corrected chi connectivity index (χ3v) is 3.07. The van der Waals surface area contributed by atoms with Crippen molar-refractivity contribution in [1.82, 2.24) is 14.8 Å². The molecular weight excluding hydrogens is 262 g/mol. The molecule has 0 saturated carbocycles. The number of alkyl halides is 1. The number of rotatable bonds is 3. The van der Waals surface area contributed by atoms with Crippen LogP contribution in [0.5, 0.6) is 5.75 Å². The minimum atomic E-state index is -0.111. The van der Waals surface area contributed by atoms with Gasteiger partial charge in [0.2, 0.25) is 0 Å². The van der Waals surface area contributed by atoms with Gasteiger partial charge in [0, 0.05) is 11.5 Å². The lowest BCUT2D eigenvalue weighted by Gasteiger charge is -2.20. The van der Waals surface area contributed by atoms with Crippen molar-refractivity contribution in [1.29, 1.82) is 0 Å². The van der Waals surface area contributed by atoms with Gasteiger partial charge in [-0.05, 0) is 12.1 Å². The van der Waals surface area contributed by atoms with Gasteiger partial charge in [0.15, 0.2) is 5.82 Å². The molecule has 0 N–H and O–H groups in total. The van der Waals surface area contributed by atoms with Crippen molar-refractivity contribution >= 4 is 11.6 Å². The summed E-state index contributed by atoms with van der Waals surface area (Å²) in [6.45, 7) is 6.31. The van der Waals surface area contributed by atoms with Crippen LogP contribution < -0.4 is 4.74 Å². The van der Waals surface area contributed by atoms with E-state index in [1.54, 1.807) is 7.11 Å². The third-order valence-electron chi connectivity index (χ3n) is 2.83. The highest BCUT2D eigenvalue weighted by molar-refractivity contribution is 6.16. The van der Waals surface area contributed by atoms with E-state index in [1.165, 1.54) is 0 Å². The molecule has 1 aromatic carbocycles. The Balaban J connectivity index is 2.62. The molecule has 102 valence electrons. The predicted octanol–water partition coefficient (Wildman–Crippen LogP) is 3.31. The molecule has 0 amide bonds. The Morgan fingerprint density at radius 3 is 2.58 bits per heavy atom. The van der Waals surface area contributed by atoms with Crippen LogP contribution in [0, 0.1) is 0 Å². The molecular formula is C14H18ClN3O. The average molecular weight is 280 g/mol. The van der Waals surface area contributed by atoms with Gasteiger partial charge >= 0.3 is 0 Å². The van der Waals surface area contributed by atoms with E-state index >= 15 is 0 Å². The SMILES string of the molecule is COc1cccc(-n2c(CCl)nnc2C(C)(C)C)c1. The van der Waals surface area contributed by atoms with Crippen molar-refractivity contribution in [3.05, 3.63) is 35.9 Å². The smallest absolute Gasteiger partial charge is 0.152 e. The van der Waals surface area contributed by atoms with E-state index in [0.717, 1.165) is 23.1 Å². The molecule has 0 radical (unpaired) electrons.